The van der Waals surface area contributed by atoms with Gasteiger partial charge in [0.1, 0.15) is 5.58 Å². The van der Waals surface area contributed by atoms with Crippen molar-refractivity contribution in [3.05, 3.63) is 176 Å². The maximum Gasteiger partial charge on any atom is 0.159 e. The number of hydrogen-bond acceptors (Lipinski definition) is 3. The third-order valence-electron chi connectivity index (χ3n) is 9.66. The average Bonchev–Trinajstić information content (AvgIpc) is 3.75. The van der Waals surface area contributed by atoms with Crippen LogP contribution in [0.5, 0.6) is 0 Å². The molecule has 0 amide bonds. The molecule has 8 aromatic carbocycles. The van der Waals surface area contributed by atoms with E-state index in [1.165, 1.54) is 47.6 Å². The lowest BCUT2D eigenvalue weighted by Crippen LogP contribution is -2.11. The van der Waals surface area contributed by atoms with E-state index >= 15 is 0 Å². The predicted molar refractivity (Wildman–Crippen MR) is 210 cm³/mol. The number of nitrogens with zero attached hydrogens (tertiary/aromatic N) is 1. The zero-order valence-electron chi connectivity index (χ0n) is 26.5. The number of hydrogen-bond donors (Lipinski definition) is 0. The summed E-state index contributed by atoms with van der Waals surface area (Å²) in [6, 6.07) is 63.0. The number of rotatable bonds is 5. The summed E-state index contributed by atoms with van der Waals surface area (Å²) in [7, 11) is 0. The summed E-state index contributed by atoms with van der Waals surface area (Å²) >= 11 is 1.88. The van der Waals surface area contributed by atoms with Crippen molar-refractivity contribution in [1.82, 2.24) is 0 Å². The van der Waals surface area contributed by atoms with Crippen LogP contribution in [-0.2, 0) is 0 Å². The first-order chi connectivity index (χ1) is 24.3. The molecule has 2 nitrogen and oxygen atoms in total. The van der Waals surface area contributed by atoms with Crippen molar-refractivity contribution in [2.75, 3.05) is 4.90 Å². The number of fused-ring (bicyclic) bond motifs is 8. The van der Waals surface area contributed by atoms with E-state index in [1.54, 1.807) is 0 Å². The standard InChI is InChI=1S/C46H29NOS/c1-3-15-30(16-4-1)32-19-9-11-25-40(32)47(41-26-13-23-35-34-21-10-12-28-43(34)48-44(35)41)42-27-14-24-37-39-29-38(31-17-5-2-6-18-31)33-20-7-8-22-36(33)45(39)49-46(37)42/h1-29H. The Hall–Kier alpha value is -6.16. The monoisotopic (exact) mass is 643 g/mol. The van der Waals surface area contributed by atoms with Gasteiger partial charge in [0.15, 0.2) is 5.58 Å². The molecule has 10 rings (SSSR count). The SMILES string of the molecule is c1ccc(-c2ccccc2N(c2cccc3c2oc2ccccc23)c2cccc3c2sc2c4ccccc4c(-c4ccccc4)cc32)cc1. The van der Waals surface area contributed by atoms with Gasteiger partial charge >= 0.3 is 0 Å². The molecule has 49 heavy (non-hydrogen) atoms. The van der Waals surface area contributed by atoms with Gasteiger partial charge in [-0.3, -0.25) is 0 Å². The Morgan fingerprint density at radius 3 is 1.71 bits per heavy atom. The Morgan fingerprint density at radius 1 is 0.367 bits per heavy atom. The van der Waals surface area contributed by atoms with Crippen molar-refractivity contribution < 1.29 is 4.42 Å². The lowest BCUT2D eigenvalue weighted by Gasteiger charge is -2.28. The lowest BCUT2D eigenvalue weighted by atomic mass is 9.95. The molecule has 0 bridgehead atoms. The Bertz CT molecular complexity index is 2830. The van der Waals surface area contributed by atoms with Gasteiger partial charge in [0.2, 0.25) is 0 Å². The highest BCUT2D eigenvalue weighted by molar-refractivity contribution is 7.27. The molecule has 0 N–H and O–H groups in total. The quantitative estimate of drug-likeness (QED) is 0.186. The molecule has 0 aliphatic rings. The number of thiophene rings is 1. The van der Waals surface area contributed by atoms with Crippen molar-refractivity contribution in [2.24, 2.45) is 0 Å². The van der Waals surface area contributed by atoms with Gasteiger partial charge in [0.25, 0.3) is 0 Å². The summed E-state index contributed by atoms with van der Waals surface area (Å²) in [4.78, 5) is 2.42. The highest BCUT2D eigenvalue weighted by Gasteiger charge is 2.25. The largest absolute Gasteiger partial charge is 0.454 e. The molecular formula is C46H29NOS. The van der Waals surface area contributed by atoms with Crippen LogP contribution in [0.1, 0.15) is 0 Å². The average molecular weight is 644 g/mol. The van der Waals surface area contributed by atoms with E-state index in [2.05, 4.69) is 175 Å². The van der Waals surface area contributed by atoms with Gasteiger partial charge in [-0.2, -0.15) is 0 Å². The smallest absolute Gasteiger partial charge is 0.159 e. The highest BCUT2D eigenvalue weighted by Crippen LogP contribution is 2.51. The number of benzene rings is 8. The molecule has 0 saturated carbocycles. The molecule has 0 radical (unpaired) electrons. The van der Waals surface area contributed by atoms with E-state index in [9.17, 15) is 0 Å². The van der Waals surface area contributed by atoms with Gasteiger partial charge < -0.3 is 9.32 Å². The van der Waals surface area contributed by atoms with Gasteiger partial charge in [-0.1, -0.05) is 146 Å². The second-order valence-corrected chi connectivity index (χ2v) is 13.5. The van der Waals surface area contributed by atoms with E-state index in [4.69, 9.17) is 4.42 Å². The number of para-hydroxylation sites is 3. The van der Waals surface area contributed by atoms with Crippen LogP contribution in [0.25, 0.3) is 75.1 Å². The van der Waals surface area contributed by atoms with Crippen LogP contribution in [0.2, 0.25) is 0 Å². The van der Waals surface area contributed by atoms with Crippen LogP contribution in [0.3, 0.4) is 0 Å². The van der Waals surface area contributed by atoms with Gasteiger partial charge in [-0.25, -0.2) is 0 Å². The third-order valence-corrected chi connectivity index (χ3v) is 10.9. The Labute approximate surface area is 287 Å². The molecule has 2 heterocycles. The van der Waals surface area contributed by atoms with Crippen LogP contribution < -0.4 is 4.90 Å². The fourth-order valence-corrected chi connectivity index (χ4v) is 8.79. The molecule has 3 heteroatoms. The van der Waals surface area contributed by atoms with Crippen LogP contribution in [0, 0.1) is 0 Å². The molecule has 0 atom stereocenters. The topological polar surface area (TPSA) is 16.4 Å². The highest BCUT2D eigenvalue weighted by atomic mass is 32.1. The van der Waals surface area contributed by atoms with Crippen molar-refractivity contribution in [3.63, 3.8) is 0 Å². The van der Waals surface area contributed by atoms with E-state index < -0.39 is 0 Å². The van der Waals surface area contributed by atoms with Crippen LogP contribution in [-0.4, -0.2) is 0 Å². The maximum atomic E-state index is 6.71. The van der Waals surface area contributed by atoms with Gasteiger partial charge in [0, 0.05) is 37.2 Å². The van der Waals surface area contributed by atoms with Crippen LogP contribution in [0.15, 0.2) is 180 Å². The van der Waals surface area contributed by atoms with Crippen molar-refractivity contribution in [2.45, 2.75) is 0 Å². The van der Waals surface area contributed by atoms with Crippen LogP contribution >= 0.6 is 11.3 Å². The van der Waals surface area contributed by atoms with Gasteiger partial charge in [0.05, 0.1) is 21.8 Å². The molecule has 0 unspecified atom stereocenters. The van der Waals surface area contributed by atoms with Crippen molar-refractivity contribution >= 4 is 81.3 Å². The zero-order valence-corrected chi connectivity index (χ0v) is 27.3. The third kappa shape index (κ3) is 4.40. The number of anilines is 3. The van der Waals surface area contributed by atoms with Crippen molar-refractivity contribution in [3.8, 4) is 22.3 Å². The first-order valence-corrected chi connectivity index (χ1v) is 17.4. The minimum atomic E-state index is 0.876. The Kier molecular flexibility index (Phi) is 6.39. The normalized spacial score (nSPS) is 11.7. The zero-order chi connectivity index (χ0) is 32.3. The second kappa shape index (κ2) is 11.2. The molecule has 10 aromatic rings. The molecular weight excluding hydrogens is 615 g/mol. The Morgan fingerprint density at radius 2 is 0.918 bits per heavy atom. The molecule has 0 fully saturated rings. The Balaban J connectivity index is 1.31. The van der Waals surface area contributed by atoms with E-state index in [-0.39, 0.29) is 0 Å². The first-order valence-electron chi connectivity index (χ1n) is 16.6. The summed E-state index contributed by atoms with van der Waals surface area (Å²) < 4.78 is 9.25. The second-order valence-electron chi connectivity index (χ2n) is 12.4. The molecule has 0 saturated heterocycles. The minimum absolute atomic E-state index is 0.876. The molecule has 0 aliphatic carbocycles. The molecule has 0 spiro atoms. The maximum absolute atomic E-state index is 6.71. The summed E-state index contributed by atoms with van der Waals surface area (Å²) in [5, 5.41) is 7.30. The lowest BCUT2D eigenvalue weighted by molar-refractivity contribution is 0.669. The van der Waals surface area contributed by atoms with E-state index in [0.29, 0.717) is 0 Å². The summed E-state index contributed by atoms with van der Waals surface area (Å²) in [6.07, 6.45) is 0. The fraction of sp³-hybridized carbons (Fsp3) is 0. The molecule has 230 valence electrons. The summed E-state index contributed by atoms with van der Waals surface area (Å²) in [5.41, 5.74) is 9.81. The van der Waals surface area contributed by atoms with E-state index in [0.717, 1.165) is 44.6 Å². The summed E-state index contributed by atoms with van der Waals surface area (Å²) in [5.74, 6) is 0. The predicted octanol–water partition coefficient (Wildman–Crippen LogP) is 13.9. The van der Waals surface area contributed by atoms with Crippen molar-refractivity contribution in [1.29, 1.82) is 0 Å². The number of furan rings is 1. The molecule has 0 aliphatic heterocycles. The summed E-state index contributed by atoms with van der Waals surface area (Å²) in [6.45, 7) is 0. The molecule has 2 aromatic heterocycles. The van der Waals surface area contributed by atoms with Gasteiger partial charge in [-0.15, -0.1) is 11.3 Å². The van der Waals surface area contributed by atoms with Gasteiger partial charge in [-0.05, 0) is 52.4 Å². The first kappa shape index (κ1) is 27.9. The van der Waals surface area contributed by atoms with Crippen LogP contribution in [0.4, 0.5) is 17.1 Å². The fourth-order valence-electron chi connectivity index (χ4n) is 7.47. The minimum Gasteiger partial charge on any atom is -0.454 e. The van der Waals surface area contributed by atoms with E-state index in [1.807, 2.05) is 17.4 Å².